The van der Waals surface area contributed by atoms with Gasteiger partial charge >= 0.3 is 16.4 Å². The van der Waals surface area contributed by atoms with Crippen LogP contribution in [0.2, 0.25) is 0 Å². The largest absolute Gasteiger partial charge is 0.418 e. The summed E-state index contributed by atoms with van der Waals surface area (Å²) in [6.07, 6.45) is 1.90. The number of rotatable bonds is 6. The van der Waals surface area contributed by atoms with Gasteiger partial charge in [-0.15, -0.1) is 4.28 Å². The van der Waals surface area contributed by atoms with Crippen LogP contribution in [-0.2, 0) is 24.3 Å². The minimum Gasteiger partial charge on any atom is -0.399 e. The van der Waals surface area contributed by atoms with Gasteiger partial charge in [-0.1, -0.05) is 0 Å². The molecule has 3 rings (SSSR count). The lowest BCUT2D eigenvalue weighted by atomic mass is 10.1. The number of urea groups is 1. The van der Waals surface area contributed by atoms with E-state index in [0.29, 0.717) is 37.2 Å². The van der Waals surface area contributed by atoms with Crippen molar-refractivity contribution in [2.45, 2.75) is 18.9 Å². The maximum Gasteiger partial charge on any atom is 0.418 e. The highest BCUT2D eigenvalue weighted by Crippen LogP contribution is 2.26. The predicted molar refractivity (Wildman–Crippen MR) is 105 cm³/mol. The summed E-state index contributed by atoms with van der Waals surface area (Å²) in [5.41, 5.74) is 10.7. The normalized spacial score (nSPS) is 17.3. The van der Waals surface area contributed by atoms with Crippen molar-refractivity contribution in [1.82, 2.24) is 26.1 Å². The first-order chi connectivity index (χ1) is 14.6. The number of hydrogen-bond donors (Lipinski definition) is 5. The standard InChI is InChI=1S/C10H12N4O3.C6H10N2O5S/c11-8-3-1-7(2-4-8)10(17)14-13-9(16)5-12-6-15;9-6-7-3-1-2-5(4-7)8(6)13-14(10,11)12/h1-4,6H,5,11H2,(H,12,15)(H,13,16)(H,14,17);5H,1-4H2,(H,10,11,12). The van der Waals surface area contributed by atoms with Gasteiger partial charge < -0.3 is 16.0 Å². The Morgan fingerprint density at radius 3 is 2.52 bits per heavy atom. The summed E-state index contributed by atoms with van der Waals surface area (Å²) in [4.78, 5) is 45.3. The molecule has 1 unspecified atom stereocenters. The van der Waals surface area contributed by atoms with Crippen LogP contribution in [0.4, 0.5) is 10.5 Å². The molecule has 2 fully saturated rings. The molecule has 0 aromatic heterocycles. The number of hydrogen-bond acceptors (Lipinski definition) is 8. The Morgan fingerprint density at radius 2 is 1.94 bits per heavy atom. The Morgan fingerprint density at radius 1 is 1.26 bits per heavy atom. The Balaban J connectivity index is 0.000000224. The molecule has 5 amide bonds. The molecule has 2 aliphatic rings. The van der Waals surface area contributed by atoms with E-state index in [2.05, 4.69) is 20.5 Å². The second-order valence-corrected chi connectivity index (χ2v) is 7.48. The van der Waals surface area contributed by atoms with Crippen molar-refractivity contribution in [3.63, 3.8) is 0 Å². The first kappa shape index (κ1) is 23.8. The van der Waals surface area contributed by atoms with Crippen molar-refractivity contribution in [3.05, 3.63) is 29.8 Å². The second-order valence-electron chi connectivity index (χ2n) is 6.48. The van der Waals surface area contributed by atoms with E-state index in [0.717, 1.165) is 11.5 Å². The van der Waals surface area contributed by atoms with E-state index < -0.39 is 28.2 Å². The summed E-state index contributed by atoms with van der Waals surface area (Å²) in [5.74, 6) is -0.995. The van der Waals surface area contributed by atoms with Gasteiger partial charge in [-0.05, 0) is 37.1 Å². The number of nitrogens with one attached hydrogen (secondary N) is 3. The molecular formula is C16H22N6O8S. The zero-order chi connectivity index (χ0) is 23.0. The van der Waals surface area contributed by atoms with Crippen LogP contribution >= 0.6 is 0 Å². The molecule has 1 atom stereocenters. The number of hydroxylamine groups is 2. The van der Waals surface area contributed by atoms with E-state index >= 15 is 0 Å². The molecule has 2 saturated heterocycles. The van der Waals surface area contributed by atoms with Crippen LogP contribution < -0.4 is 21.9 Å². The SMILES string of the molecule is Nc1ccc(C(=O)NNC(=O)CNC=O)cc1.O=C1N2CCCC(C2)N1OS(=O)(=O)O. The number of amides is 5. The summed E-state index contributed by atoms with van der Waals surface area (Å²) >= 11 is 0. The molecule has 15 heteroatoms. The third-order valence-electron chi connectivity index (χ3n) is 4.20. The van der Waals surface area contributed by atoms with E-state index in [9.17, 15) is 27.6 Å². The van der Waals surface area contributed by atoms with Crippen molar-refractivity contribution in [1.29, 1.82) is 0 Å². The van der Waals surface area contributed by atoms with Crippen molar-refractivity contribution in [2.24, 2.45) is 0 Å². The highest BCUT2D eigenvalue weighted by Gasteiger charge is 2.42. The molecule has 14 nitrogen and oxygen atoms in total. The van der Waals surface area contributed by atoms with E-state index in [1.165, 1.54) is 17.0 Å². The average molecular weight is 458 g/mol. The highest BCUT2D eigenvalue weighted by molar-refractivity contribution is 7.80. The van der Waals surface area contributed by atoms with E-state index in [-0.39, 0.29) is 12.6 Å². The molecule has 0 radical (unpaired) electrons. The van der Waals surface area contributed by atoms with Gasteiger partial charge in [0.05, 0.1) is 12.6 Å². The fraction of sp³-hybridized carbons (Fsp3) is 0.375. The summed E-state index contributed by atoms with van der Waals surface area (Å²) in [6.45, 7) is 0.876. The second kappa shape index (κ2) is 10.6. The van der Waals surface area contributed by atoms with Gasteiger partial charge in [0.1, 0.15) is 0 Å². The minimum atomic E-state index is -4.60. The van der Waals surface area contributed by atoms with Crippen molar-refractivity contribution >= 4 is 40.3 Å². The van der Waals surface area contributed by atoms with Crippen LogP contribution in [0.1, 0.15) is 23.2 Å². The van der Waals surface area contributed by atoms with Crippen LogP contribution in [0.3, 0.4) is 0 Å². The number of benzene rings is 1. The van der Waals surface area contributed by atoms with Crippen molar-refractivity contribution < 1.29 is 36.4 Å². The van der Waals surface area contributed by atoms with Gasteiger partial charge in [0.15, 0.2) is 0 Å². The smallest absolute Gasteiger partial charge is 0.399 e. The molecule has 6 N–H and O–H groups in total. The third kappa shape index (κ3) is 7.40. The van der Waals surface area contributed by atoms with Gasteiger partial charge in [0, 0.05) is 24.3 Å². The first-order valence-corrected chi connectivity index (χ1v) is 10.3. The number of anilines is 1. The molecule has 2 aliphatic heterocycles. The number of nitrogen functional groups attached to an aromatic ring is 1. The maximum absolute atomic E-state index is 11.5. The predicted octanol–water partition coefficient (Wildman–Crippen LogP) is -1.60. The number of carbonyl (C=O) groups excluding carboxylic acids is 4. The van der Waals surface area contributed by atoms with Gasteiger partial charge in [0.25, 0.3) is 11.8 Å². The maximum atomic E-state index is 11.5. The lowest BCUT2D eigenvalue weighted by Crippen LogP contribution is -2.45. The Labute approximate surface area is 177 Å². The number of nitrogens with zero attached hydrogens (tertiary/aromatic N) is 2. The Hall–Kier alpha value is -3.43. The molecule has 170 valence electrons. The van der Waals surface area contributed by atoms with Crippen LogP contribution in [0, 0.1) is 0 Å². The van der Waals surface area contributed by atoms with Crippen molar-refractivity contribution in [2.75, 3.05) is 25.4 Å². The summed E-state index contributed by atoms with van der Waals surface area (Å²) in [7, 11) is -4.60. The molecule has 2 heterocycles. The van der Waals surface area contributed by atoms with E-state index in [4.69, 9.17) is 10.3 Å². The van der Waals surface area contributed by atoms with Crippen LogP contribution in [0.25, 0.3) is 0 Å². The Kier molecular flexibility index (Phi) is 8.12. The number of nitrogens with two attached hydrogens (primary N) is 1. The number of hydrazine groups is 1. The Bertz CT molecular complexity index is 923. The molecule has 0 spiro atoms. The average Bonchev–Trinajstić information content (AvgIpc) is 2.93. The molecular weight excluding hydrogens is 436 g/mol. The van der Waals surface area contributed by atoms with Gasteiger partial charge in [-0.25, -0.2) is 4.79 Å². The molecule has 2 bridgehead atoms. The summed E-state index contributed by atoms with van der Waals surface area (Å²) in [6, 6.07) is 5.44. The molecule has 1 aromatic rings. The lowest BCUT2D eigenvalue weighted by molar-refractivity contribution is -0.122. The van der Waals surface area contributed by atoms with Gasteiger partial charge in [0.2, 0.25) is 6.41 Å². The number of piperidine rings is 1. The van der Waals surface area contributed by atoms with Gasteiger partial charge in [-0.2, -0.15) is 13.5 Å². The molecule has 31 heavy (non-hydrogen) atoms. The van der Waals surface area contributed by atoms with Crippen molar-refractivity contribution in [3.8, 4) is 0 Å². The van der Waals surface area contributed by atoms with Gasteiger partial charge in [-0.3, -0.25) is 29.8 Å². The molecule has 1 aromatic carbocycles. The van der Waals surface area contributed by atoms with E-state index in [1.54, 1.807) is 12.1 Å². The minimum absolute atomic E-state index is 0.203. The highest BCUT2D eigenvalue weighted by atomic mass is 32.3. The monoisotopic (exact) mass is 458 g/mol. The van der Waals surface area contributed by atoms with E-state index in [1.807, 2.05) is 0 Å². The summed E-state index contributed by atoms with van der Waals surface area (Å²) in [5, 5.41) is 2.90. The zero-order valence-electron chi connectivity index (χ0n) is 16.2. The first-order valence-electron chi connectivity index (χ1n) is 8.97. The molecule has 0 aliphatic carbocycles. The zero-order valence-corrected chi connectivity index (χ0v) is 17.0. The van der Waals surface area contributed by atoms with Crippen LogP contribution in [0.15, 0.2) is 24.3 Å². The summed E-state index contributed by atoms with van der Waals surface area (Å²) < 4.78 is 33.5. The lowest BCUT2D eigenvalue weighted by Gasteiger charge is -2.20. The quantitative estimate of drug-likeness (QED) is 0.144. The molecule has 0 saturated carbocycles. The van der Waals surface area contributed by atoms with Crippen LogP contribution in [-0.4, -0.2) is 72.9 Å². The fourth-order valence-corrected chi connectivity index (χ4v) is 3.21. The third-order valence-corrected chi connectivity index (χ3v) is 4.54. The number of fused-ring (bicyclic) bond motifs is 2. The number of carbonyl (C=O) groups is 4. The van der Waals surface area contributed by atoms with Crippen LogP contribution in [0.5, 0.6) is 0 Å². The fourth-order valence-electron chi connectivity index (χ4n) is 2.82. The topological polar surface area (TPSA) is 200 Å².